The van der Waals surface area contributed by atoms with E-state index >= 15 is 0 Å². The van der Waals surface area contributed by atoms with E-state index in [-0.39, 0.29) is 0 Å². The van der Waals surface area contributed by atoms with Gasteiger partial charge in [0.15, 0.2) is 0 Å². The van der Waals surface area contributed by atoms with E-state index < -0.39 is 0 Å². The van der Waals surface area contributed by atoms with Gasteiger partial charge in [-0.05, 0) is 46.4 Å². The van der Waals surface area contributed by atoms with Gasteiger partial charge in [0.1, 0.15) is 6.29 Å². The molecule has 0 aliphatic carbocycles. The van der Waals surface area contributed by atoms with E-state index in [0.717, 1.165) is 15.4 Å². The fourth-order valence-electron chi connectivity index (χ4n) is 0.790. The lowest BCUT2D eigenvalue weighted by molar-refractivity contribution is -0.107. The summed E-state index contributed by atoms with van der Waals surface area (Å²) >= 11 is 7.92. The predicted molar refractivity (Wildman–Crippen MR) is 53.9 cm³/mol. The maximum Gasteiger partial charge on any atom is 0.124 e. The van der Waals surface area contributed by atoms with Crippen LogP contribution in [0.25, 0.3) is 0 Å². The third-order valence-electron chi connectivity index (χ3n) is 1.31. The largest absolute Gasteiger partial charge is 0.303 e. The summed E-state index contributed by atoms with van der Waals surface area (Å²) in [6.45, 7) is 0. The topological polar surface area (TPSA) is 17.1 Å². The quantitative estimate of drug-likeness (QED) is 0.601. The van der Waals surface area contributed by atoms with Crippen molar-refractivity contribution in [2.24, 2.45) is 0 Å². The molecule has 0 unspecified atom stereocenters. The fourth-order valence-corrected chi connectivity index (χ4v) is 1.54. The molecule has 3 heteroatoms. The van der Waals surface area contributed by atoms with Gasteiger partial charge in [0.2, 0.25) is 0 Å². The lowest BCUT2D eigenvalue weighted by Gasteiger charge is -1.99. The highest BCUT2D eigenvalue weighted by Crippen LogP contribution is 2.17. The molecule has 1 aromatic rings. The number of hydrogen-bond acceptors (Lipinski definition) is 1. The zero-order chi connectivity index (χ0) is 8.27. The van der Waals surface area contributed by atoms with Crippen molar-refractivity contribution < 1.29 is 4.79 Å². The van der Waals surface area contributed by atoms with Gasteiger partial charge in [-0.25, -0.2) is 0 Å². The molecule has 0 N–H and O–H groups in total. The monoisotopic (exact) mass is 280 g/mol. The highest BCUT2D eigenvalue weighted by atomic mass is 127. The van der Waals surface area contributed by atoms with Crippen molar-refractivity contribution in [3.8, 4) is 0 Å². The average Bonchev–Trinajstić information content (AvgIpc) is 1.98. The van der Waals surface area contributed by atoms with Crippen LogP contribution < -0.4 is 0 Å². The maximum absolute atomic E-state index is 10.2. The first kappa shape index (κ1) is 9.00. The summed E-state index contributed by atoms with van der Waals surface area (Å²) in [6.07, 6.45) is 1.33. The Bertz CT molecular complexity index is 273. The summed E-state index contributed by atoms with van der Waals surface area (Å²) < 4.78 is 1.08. The Kier molecular flexibility index (Phi) is 3.33. The van der Waals surface area contributed by atoms with E-state index in [0.29, 0.717) is 11.4 Å². The second kappa shape index (κ2) is 4.07. The van der Waals surface area contributed by atoms with Crippen molar-refractivity contribution in [3.05, 3.63) is 32.4 Å². The minimum atomic E-state index is 0.443. The Morgan fingerprint density at radius 1 is 1.55 bits per heavy atom. The Labute approximate surface area is 83.9 Å². The molecule has 0 atom stereocenters. The summed E-state index contributed by atoms with van der Waals surface area (Å²) in [6, 6.07) is 5.54. The third-order valence-corrected chi connectivity index (χ3v) is 2.60. The molecular formula is C8H6ClIO. The van der Waals surface area contributed by atoms with Crippen molar-refractivity contribution in [3.63, 3.8) is 0 Å². The van der Waals surface area contributed by atoms with Crippen LogP contribution in [0.4, 0.5) is 0 Å². The van der Waals surface area contributed by atoms with Crippen molar-refractivity contribution in [1.82, 2.24) is 0 Å². The summed E-state index contributed by atoms with van der Waals surface area (Å²) in [7, 11) is 0. The second-order valence-electron chi connectivity index (χ2n) is 2.11. The van der Waals surface area contributed by atoms with E-state index in [1.54, 1.807) is 0 Å². The van der Waals surface area contributed by atoms with Crippen LogP contribution in [0.2, 0.25) is 5.02 Å². The van der Waals surface area contributed by atoms with Crippen LogP contribution in [0, 0.1) is 3.57 Å². The van der Waals surface area contributed by atoms with Crippen LogP contribution in [-0.2, 0) is 11.2 Å². The van der Waals surface area contributed by atoms with Crippen molar-refractivity contribution >= 4 is 40.5 Å². The Balaban J connectivity index is 3.01. The standard InChI is InChI=1S/C8H6ClIO/c9-7-1-2-8(10)6(5-7)3-4-11/h1-2,4-5H,3H2. The molecule has 0 heterocycles. The number of rotatable bonds is 2. The van der Waals surface area contributed by atoms with Gasteiger partial charge in [0.05, 0.1) is 0 Å². The molecule has 0 aromatic heterocycles. The second-order valence-corrected chi connectivity index (χ2v) is 3.71. The zero-order valence-electron chi connectivity index (χ0n) is 5.68. The number of hydrogen-bond donors (Lipinski definition) is 0. The van der Waals surface area contributed by atoms with Crippen LogP contribution in [0.1, 0.15) is 5.56 Å². The predicted octanol–water partition coefficient (Wildman–Crippen LogP) is 2.69. The smallest absolute Gasteiger partial charge is 0.124 e. The van der Waals surface area contributed by atoms with Crippen LogP contribution in [0.15, 0.2) is 18.2 Å². The molecule has 0 saturated heterocycles. The molecular weight excluding hydrogens is 274 g/mol. The number of benzene rings is 1. The molecule has 1 nitrogen and oxygen atoms in total. The minimum Gasteiger partial charge on any atom is -0.303 e. The molecule has 11 heavy (non-hydrogen) atoms. The molecule has 1 rings (SSSR count). The van der Waals surface area contributed by atoms with Gasteiger partial charge in [-0.3, -0.25) is 0 Å². The Morgan fingerprint density at radius 3 is 2.91 bits per heavy atom. The molecule has 0 bridgehead atoms. The van der Waals surface area contributed by atoms with Crippen molar-refractivity contribution in [1.29, 1.82) is 0 Å². The molecule has 0 spiro atoms. The van der Waals surface area contributed by atoms with Gasteiger partial charge in [-0.15, -0.1) is 0 Å². The molecule has 1 aromatic carbocycles. The van der Waals surface area contributed by atoms with Gasteiger partial charge in [0, 0.05) is 15.0 Å². The summed E-state index contributed by atoms with van der Waals surface area (Å²) in [5.74, 6) is 0. The first-order valence-corrected chi connectivity index (χ1v) is 4.57. The maximum atomic E-state index is 10.2. The number of aldehydes is 1. The van der Waals surface area contributed by atoms with Crippen LogP contribution in [-0.4, -0.2) is 6.29 Å². The molecule has 0 aliphatic heterocycles. The van der Waals surface area contributed by atoms with E-state index in [4.69, 9.17) is 11.6 Å². The van der Waals surface area contributed by atoms with Crippen molar-refractivity contribution in [2.75, 3.05) is 0 Å². The highest BCUT2D eigenvalue weighted by Gasteiger charge is 1.98. The van der Waals surface area contributed by atoms with Gasteiger partial charge >= 0.3 is 0 Å². The lowest BCUT2D eigenvalue weighted by atomic mass is 10.2. The average molecular weight is 280 g/mol. The van der Waals surface area contributed by atoms with Crippen LogP contribution in [0.5, 0.6) is 0 Å². The molecule has 0 aliphatic rings. The molecule has 0 saturated carbocycles. The van der Waals surface area contributed by atoms with E-state index in [2.05, 4.69) is 22.6 Å². The fraction of sp³-hybridized carbons (Fsp3) is 0.125. The molecule has 0 amide bonds. The minimum absolute atomic E-state index is 0.443. The Morgan fingerprint density at radius 2 is 2.27 bits per heavy atom. The number of halogens is 2. The molecule has 0 fully saturated rings. The normalized spacial score (nSPS) is 9.64. The SMILES string of the molecule is O=CCc1cc(Cl)ccc1I. The van der Waals surface area contributed by atoms with Crippen LogP contribution >= 0.6 is 34.2 Å². The lowest BCUT2D eigenvalue weighted by Crippen LogP contribution is -1.89. The first-order valence-electron chi connectivity index (χ1n) is 3.11. The first-order chi connectivity index (χ1) is 5.24. The van der Waals surface area contributed by atoms with E-state index in [1.807, 2.05) is 18.2 Å². The molecule has 0 radical (unpaired) electrons. The van der Waals surface area contributed by atoms with Gasteiger partial charge in [0.25, 0.3) is 0 Å². The summed E-state index contributed by atoms with van der Waals surface area (Å²) in [5, 5.41) is 0.683. The molecule has 58 valence electrons. The summed E-state index contributed by atoms with van der Waals surface area (Å²) in [5.41, 5.74) is 0.994. The Hall–Kier alpha value is -0.0900. The van der Waals surface area contributed by atoms with Gasteiger partial charge in [-0.2, -0.15) is 0 Å². The highest BCUT2D eigenvalue weighted by molar-refractivity contribution is 14.1. The zero-order valence-corrected chi connectivity index (χ0v) is 8.59. The summed E-state index contributed by atoms with van der Waals surface area (Å²) in [4.78, 5) is 10.2. The van der Waals surface area contributed by atoms with E-state index in [1.165, 1.54) is 0 Å². The van der Waals surface area contributed by atoms with Crippen molar-refractivity contribution in [2.45, 2.75) is 6.42 Å². The number of carbonyl (C=O) groups is 1. The van der Waals surface area contributed by atoms with E-state index in [9.17, 15) is 4.79 Å². The van der Waals surface area contributed by atoms with Crippen LogP contribution in [0.3, 0.4) is 0 Å². The van der Waals surface area contributed by atoms with Gasteiger partial charge < -0.3 is 4.79 Å². The van der Waals surface area contributed by atoms with Gasteiger partial charge in [-0.1, -0.05) is 11.6 Å². The third kappa shape index (κ3) is 2.45. The number of carbonyl (C=O) groups excluding carboxylic acids is 1.